The number of thioether (sulfide) groups is 1. The summed E-state index contributed by atoms with van der Waals surface area (Å²) in [5.41, 5.74) is 4.62. The number of hydrogen-bond donors (Lipinski definition) is 1. The molecule has 1 amide bonds. The summed E-state index contributed by atoms with van der Waals surface area (Å²) >= 11 is 1.79. The van der Waals surface area contributed by atoms with Crippen LogP contribution in [0.2, 0.25) is 0 Å². The molecule has 24 heavy (non-hydrogen) atoms. The lowest BCUT2D eigenvalue weighted by Gasteiger charge is -2.06. The molecule has 120 valence electrons. The molecule has 1 N–H and O–H groups in total. The lowest BCUT2D eigenvalue weighted by molar-refractivity contribution is 0.102. The molecule has 0 fully saturated rings. The van der Waals surface area contributed by atoms with Crippen molar-refractivity contribution in [1.29, 1.82) is 0 Å². The number of carbonyl (C=O) groups excluding carboxylic acids is 1. The summed E-state index contributed by atoms with van der Waals surface area (Å²) in [6.45, 7) is 3.03. The Bertz CT molecular complexity index is 860. The maximum atomic E-state index is 12.2. The average molecular weight is 335 g/mol. The van der Waals surface area contributed by atoms with Crippen LogP contribution in [-0.4, -0.2) is 21.2 Å². The fourth-order valence-corrected chi connectivity index (χ4v) is 3.62. The van der Waals surface area contributed by atoms with Crippen LogP contribution in [0.3, 0.4) is 0 Å². The summed E-state index contributed by atoms with van der Waals surface area (Å²) in [4.78, 5) is 16.9. The van der Waals surface area contributed by atoms with Crippen molar-refractivity contribution in [3.63, 3.8) is 0 Å². The van der Waals surface area contributed by atoms with Crippen molar-refractivity contribution in [1.82, 2.24) is 9.55 Å². The Morgan fingerprint density at radius 3 is 2.58 bits per heavy atom. The second-order valence-electron chi connectivity index (χ2n) is 5.85. The minimum absolute atomic E-state index is 0.0971. The third-order valence-electron chi connectivity index (χ3n) is 4.06. The second-order valence-corrected chi connectivity index (χ2v) is 6.91. The lowest BCUT2D eigenvalue weighted by atomic mass is 10.1. The molecule has 3 aromatic rings. The van der Waals surface area contributed by atoms with Crippen LogP contribution in [-0.2, 0) is 6.54 Å². The summed E-state index contributed by atoms with van der Waals surface area (Å²) in [5, 5.41) is 4.01. The average Bonchev–Trinajstić information content (AvgIpc) is 3.18. The summed E-state index contributed by atoms with van der Waals surface area (Å²) in [6, 6.07) is 15.4. The van der Waals surface area contributed by atoms with Crippen molar-refractivity contribution < 1.29 is 4.79 Å². The molecule has 0 aliphatic carbocycles. The number of nitrogens with one attached hydrogen (secondary N) is 1. The van der Waals surface area contributed by atoms with Gasteiger partial charge in [0.25, 0.3) is 5.91 Å². The lowest BCUT2D eigenvalue weighted by Crippen LogP contribution is -2.11. The van der Waals surface area contributed by atoms with E-state index in [0.29, 0.717) is 5.56 Å². The predicted molar refractivity (Wildman–Crippen MR) is 97.5 cm³/mol. The van der Waals surface area contributed by atoms with Crippen LogP contribution < -0.4 is 5.32 Å². The first-order valence-corrected chi connectivity index (χ1v) is 8.86. The summed E-state index contributed by atoms with van der Waals surface area (Å²) in [5.74, 6) is 1.01. The Kier molecular flexibility index (Phi) is 3.86. The molecule has 0 radical (unpaired) electrons. The van der Waals surface area contributed by atoms with E-state index < -0.39 is 0 Å². The van der Waals surface area contributed by atoms with Gasteiger partial charge in [-0.15, -0.1) is 0 Å². The molecule has 5 heteroatoms. The second kappa shape index (κ2) is 6.17. The number of imidazole rings is 1. The highest BCUT2D eigenvalue weighted by Gasteiger charge is 2.15. The first kappa shape index (κ1) is 15.0. The zero-order valence-electron chi connectivity index (χ0n) is 13.3. The standard InChI is InChI=1S/C19H17N3OS/c1-13-2-4-15(5-3-13)18(23)20-16-8-6-14(7-9-16)17-12-22-10-11-24-19(22)21-17/h2-9,12H,10-11H2,1H3,(H,20,23). The van der Waals surface area contributed by atoms with Gasteiger partial charge in [0.2, 0.25) is 0 Å². The van der Waals surface area contributed by atoms with Crippen LogP contribution in [0.15, 0.2) is 59.9 Å². The molecule has 1 aromatic heterocycles. The topological polar surface area (TPSA) is 46.9 Å². The monoisotopic (exact) mass is 335 g/mol. The van der Waals surface area contributed by atoms with E-state index in [2.05, 4.69) is 21.1 Å². The van der Waals surface area contributed by atoms with E-state index in [4.69, 9.17) is 0 Å². The molecule has 1 aliphatic heterocycles. The Balaban J connectivity index is 1.49. The van der Waals surface area contributed by atoms with Gasteiger partial charge in [-0.3, -0.25) is 4.79 Å². The van der Waals surface area contributed by atoms with Crippen molar-refractivity contribution >= 4 is 23.4 Å². The Hall–Kier alpha value is -2.53. The van der Waals surface area contributed by atoms with Gasteiger partial charge in [-0.2, -0.15) is 0 Å². The molecule has 1 aliphatic rings. The van der Waals surface area contributed by atoms with Crippen molar-refractivity contribution in [2.24, 2.45) is 0 Å². The van der Waals surface area contributed by atoms with Crippen LogP contribution >= 0.6 is 11.8 Å². The van der Waals surface area contributed by atoms with Crippen LogP contribution in [0, 0.1) is 6.92 Å². The molecule has 0 bridgehead atoms. The molecule has 0 spiro atoms. The number of nitrogens with zero attached hydrogens (tertiary/aromatic N) is 2. The number of benzene rings is 2. The predicted octanol–water partition coefficient (Wildman–Crippen LogP) is 4.22. The maximum absolute atomic E-state index is 12.2. The first-order valence-electron chi connectivity index (χ1n) is 7.87. The maximum Gasteiger partial charge on any atom is 0.255 e. The van der Waals surface area contributed by atoms with Crippen molar-refractivity contribution in [2.75, 3.05) is 11.1 Å². The number of rotatable bonds is 3. The number of fused-ring (bicyclic) bond motifs is 1. The number of hydrogen-bond acceptors (Lipinski definition) is 3. The van der Waals surface area contributed by atoms with Gasteiger partial charge < -0.3 is 9.88 Å². The summed E-state index contributed by atoms with van der Waals surface area (Å²) in [6.07, 6.45) is 2.09. The molecule has 0 saturated carbocycles. The number of aromatic nitrogens is 2. The molecular formula is C19H17N3OS. The Morgan fingerprint density at radius 2 is 1.88 bits per heavy atom. The van der Waals surface area contributed by atoms with Crippen molar-refractivity contribution in [3.05, 3.63) is 65.9 Å². The van der Waals surface area contributed by atoms with E-state index in [1.165, 1.54) is 0 Å². The van der Waals surface area contributed by atoms with Crippen molar-refractivity contribution in [3.8, 4) is 11.3 Å². The number of aryl methyl sites for hydroxylation is 2. The minimum atomic E-state index is -0.0971. The molecule has 4 rings (SSSR count). The molecular weight excluding hydrogens is 318 g/mol. The Labute approximate surface area is 144 Å². The van der Waals surface area contributed by atoms with Gasteiger partial charge in [0, 0.05) is 35.3 Å². The van der Waals surface area contributed by atoms with Crippen LogP contribution in [0.1, 0.15) is 15.9 Å². The number of carbonyl (C=O) groups is 1. The molecule has 2 heterocycles. The molecule has 4 nitrogen and oxygen atoms in total. The van der Waals surface area contributed by atoms with Gasteiger partial charge in [0.05, 0.1) is 5.69 Å². The van der Waals surface area contributed by atoms with Gasteiger partial charge >= 0.3 is 0 Å². The highest BCUT2D eigenvalue weighted by Crippen LogP contribution is 2.29. The van der Waals surface area contributed by atoms with Gasteiger partial charge in [0.15, 0.2) is 5.16 Å². The fraction of sp³-hybridized carbons (Fsp3) is 0.158. The molecule has 0 unspecified atom stereocenters. The van der Waals surface area contributed by atoms with Gasteiger partial charge in [-0.05, 0) is 31.2 Å². The smallest absolute Gasteiger partial charge is 0.255 e. The van der Waals surface area contributed by atoms with Gasteiger partial charge in [-0.25, -0.2) is 4.98 Å². The van der Waals surface area contributed by atoms with Crippen LogP contribution in [0.25, 0.3) is 11.3 Å². The van der Waals surface area contributed by atoms with E-state index in [1.54, 1.807) is 11.8 Å². The van der Waals surface area contributed by atoms with Crippen LogP contribution in [0.5, 0.6) is 0 Å². The quantitative estimate of drug-likeness (QED) is 0.780. The highest BCUT2D eigenvalue weighted by atomic mass is 32.2. The van der Waals surface area contributed by atoms with Crippen LogP contribution in [0.4, 0.5) is 5.69 Å². The van der Waals surface area contributed by atoms with E-state index in [-0.39, 0.29) is 5.91 Å². The largest absolute Gasteiger partial charge is 0.325 e. The SMILES string of the molecule is Cc1ccc(C(=O)Nc2ccc(-c3cn4c(n3)SCC4)cc2)cc1. The third-order valence-corrected chi connectivity index (χ3v) is 5.03. The summed E-state index contributed by atoms with van der Waals surface area (Å²) < 4.78 is 2.19. The fourth-order valence-electron chi connectivity index (χ4n) is 2.68. The highest BCUT2D eigenvalue weighted by molar-refractivity contribution is 7.99. The summed E-state index contributed by atoms with van der Waals surface area (Å²) in [7, 11) is 0. The normalized spacial score (nSPS) is 12.9. The van der Waals surface area contributed by atoms with E-state index in [9.17, 15) is 4.79 Å². The van der Waals surface area contributed by atoms with Gasteiger partial charge in [-0.1, -0.05) is 41.6 Å². The Morgan fingerprint density at radius 1 is 1.12 bits per heavy atom. The third kappa shape index (κ3) is 2.95. The number of anilines is 1. The van der Waals surface area contributed by atoms with Crippen molar-refractivity contribution in [2.45, 2.75) is 18.6 Å². The minimum Gasteiger partial charge on any atom is -0.325 e. The molecule has 0 atom stereocenters. The zero-order valence-corrected chi connectivity index (χ0v) is 14.1. The zero-order chi connectivity index (χ0) is 16.5. The first-order chi connectivity index (χ1) is 11.7. The molecule has 2 aromatic carbocycles. The van der Waals surface area contributed by atoms with E-state index >= 15 is 0 Å². The van der Waals surface area contributed by atoms with E-state index in [0.717, 1.165) is 40.0 Å². The van der Waals surface area contributed by atoms with Gasteiger partial charge in [0.1, 0.15) is 0 Å². The molecule has 0 saturated heterocycles. The van der Waals surface area contributed by atoms with E-state index in [1.807, 2.05) is 55.5 Å². The number of amides is 1.